The van der Waals surface area contributed by atoms with E-state index in [0.29, 0.717) is 5.69 Å². The van der Waals surface area contributed by atoms with Crippen LogP contribution in [0.15, 0.2) is 60.7 Å². The lowest BCUT2D eigenvalue weighted by molar-refractivity contribution is -0.159. The van der Waals surface area contributed by atoms with Crippen molar-refractivity contribution in [2.45, 2.75) is 51.9 Å². The van der Waals surface area contributed by atoms with Crippen molar-refractivity contribution in [1.29, 1.82) is 0 Å². The van der Waals surface area contributed by atoms with Gasteiger partial charge in [0.2, 0.25) is 5.54 Å². The fraction of sp³-hybridized carbons (Fsp3) is 0.308. The highest BCUT2D eigenvalue weighted by atomic mass is 16.6. The number of cyclic esters (lactones) is 1. The third kappa shape index (κ3) is 4.13. The maximum atomic E-state index is 13.2. The molecule has 1 fully saturated rings. The predicted molar refractivity (Wildman–Crippen MR) is 121 cm³/mol. The van der Waals surface area contributed by atoms with Crippen molar-refractivity contribution in [2.24, 2.45) is 0 Å². The van der Waals surface area contributed by atoms with Crippen molar-refractivity contribution < 1.29 is 19.1 Å². The summed E-state index contributed by atoms with van der Waals surface area (Å²) in [6.45, 7) is 7.48. The zero-order chi connectivity index (χ0) is 22.2. The topological polar surface area (TPSA) is 64.6 Å². The lowest BCUT2D eigenvalue weighted by Gasteiger charge is -2.26. The van der Waals surface area contributed by atoms with Gasteiger partial charge in [-0.25, -0.2) is 9.59 Å². The van der Waals surface area contributed by atoms with E-state index in [1.807, 2.05) is 74.5 Å². The molecular formula is C26H27NO4. The van der Waals surface area contributed by atoms with Gasteiger partial charge >= 0.3 is 11.9 Å². The zero-order valence-electron chi connectivity index (χ0n) is 18.3. The number of hydrogen-bond acceptors (Lipinski definition) is 5. The summed E-state index contributed by atoms with van der Waals surface area (Å²) in [5.74, 6) is -1.23. The van der Waals surface area contributed by atoms with E-state index in [4.69, 9.17) is 9.47 Å². The van der Waals surface area contributed by atoms with E-state index >= 15 is 0 Å². The molecule has 4 rings (SSSR count). The molecule has 0 unspecified atom stereocenters. The molecule has 0 aromatic heterocycles. The third-order valence-electron chi connectivity index (χ3n) is 5.51. The number of benzene rings is 3. The summed E-state index contributed by atoms with van der Waals surface area (Å²) in [5, 5.41) is 5.34. The first kappa shape index (κ1) is 20.9. The van der Waals surface area contributed by atoms with Gasteiger partial charge in [0.25, 0.3) is 0 Å². The van der Waals surface area contributed by atoms with Gasteiger partial charge in [0, 0.05) is 12.1 Å². The summed E-state index contributed by atoms with van der Waals surface area (Å²) in [6.07, 6.45) is -0.740. The molecule has 2 atom stereocenters. The van der Waals surface area contributed by atoms with E-state index in [0.717, 1.165) is 27.5 Å². The average molecular weight is 418 g/mol. The van der Waals surface area contributed by atoms with Gasteiger partial charge in [-0.15, -0.1) is 0 Å². The molecule has 0 radical (unpaired) electrons. The number of carbonyl (C=O) groups is 2. The Hall–Kier alpha value is -3.34. The molecule has 0 spiro atoms. The Morgan fingerprint density at radius 3 is 2.39 bits per heavy atom. The molecule has 0 amide bonds. The second-order valence-corrected chi connectivity index (χ2v) is 8.57. The van der Waals surface area contributed by atoms with E-state index in [1.165, 1.54) is 0 Å². The van der Waals surface area contributed by atoms with Gasteiger partial charge in [-0.3, -0.25) is 0 Å². The normalized spacial score (nSPS) is 20.7. The molecule has 5 nitrogen and oxygen atoms in total. The van der Waals surface area contributed by atoms with Gasteiger partial charge in [-0.05, 0) is 73.4 Å². The Morgan fingerprint density at radius 1 is 1.03 bits per heavy atom. The number of hydrogen-bond donors (Lipinski definition) is 1. The minimum atomic E-state index is -1.60. The summed E-state index contributed by atoms with van der Waals surface area (Å²) in [7, 11) is 0. The first-order valence-corrected chi connectivity index (χ1v) is 10.5. The van der Waals surface area contributed by atoms with Gasteiger partial charge in [-0.2, -0.15) is 0 Å². The second kappa shape index (κ2) is 8.06. The van der Waals surface area contributed by atoms with Gasteiger partial charge in [-0.1, -0.05) is 42.5 Å². The molecule has 3 aromatic rings. The summed E-state index contributed by atoms with van der Waals surface area (Å²) in [6, 6.07) is 19.8. The predicted octanol–water partition coefficient (Wildman–Crippen LogP) is 5.25. The van der Waals surface area contributed by atoms with Crippen LogP contribution < -0.4 is 5.32 Å². The summed E-state index contributed by atoms with van der Waals surface area (Å²) in [4.78, 5) is 26.3. The van der Waals surface area contributed by atoms with Crippen LogP contribution >= 0.6 is 0 Å². The quantitative estimate of drug-likeness (QED) is 0.454. The van der Waals surface area contributed by atoms with E-state index in [2.05, 4.69) is 5.32 Å². The highest BCUT2D eigenvalue weighted by Crippen LogP contribution is 2.40. The highest BCUT2D eigenvalue weighted by molar-refractivity contribution is 6.09. The average Bonchev–Trinajstić information content (AvgIpc) is 3.03. The van der Waals surface area contributed by atoms with E-state index < -0.39 is 23.6 Å². The lowest BCUT2D eigenvalue weighted by atomic mass is 9.91. The van der Waals surface area contributed by atoms with Crippen LogP contribution in [-0.2, 0) is 19.1 Å². The molecule has 160 valence electrons. The SMILES string of the molecule is Cc1cc(C)cc(N[C@@]2(C(=O)OC(C)C)C[C@H](c3ccc4ccccc4c3)OC2=O)c1. The van der Waals surface area contributed by atoms with Crippen LogP contribution in [0.2, 0.25) is 0 Å². The number of fused-ring (bicyclic) bond motifs is 1. The minimum Gasteiger partial charge on any atom is -0.461 e. The molecule has 0 saturated carbocycles. The number of ether oxygens (including phenoxy) is 2. The maximum absolute atomic E-state index is 13.2. The van der Waals surface area contributed by atoms with Gasteiger partial charge in [0.15, 0.2) is 0 Å². The summed E-state index contributed by atoms with van der Waals surface area (Å²) in [5.41, 5.74) is 2.02. The Balaban J connectivity index is 1.71. The van der Waals surface area contributed by atoms with Crippen molar-refractivity contribution in [3.8, 4) is 0 Å². The van der Waals surface area contributed by atoms with Crippen molar-refractivity contribution in [3.05, 3.63) is 77.4 Å². The zero-order valence-corrected chi connectivity index (χ0v) is 18.3. The number of nitrogens with one attached hydrogen (secondary N) is 1. The van der Waals surface area contributed by atoms with E-state index in [1.54, 1.807) is 13.8 Å². The Kier molecular flexibility index (Phi) is 5.44. The largest absolute Gasteiger partial charge is 0.461 e. The van der Waals surface area contributed by atoms with E-state index in [9.17, 15) is 9.59 Å². The molecule has 31 heavy (non-hydrogen) atoms. The maximum Gasteiger partial charge on any atom is 0.344 e. The van der Waals surface area contributed by atoms with Crippen LogP contribution in [0.25, 0.3) is 10.8 Å². The molecule has 1 aliphatic rings. The van der Waals surface area contributed by atoms with Crippen molar-refractivity contribution in [1.82, 2.24) is 0 Å². The molecule has 1 aliphatic heterocycles. The monoisotopic (exact) mass is 417 g/mol. The van der Waals surface area contributed by atoms with Crippen LogP contribution in [0.3, 0.4) is 0 Å². The Bertz CT molecular complexity index is 1130. The van der Waals surface area contributed by atoms with Crippen molar-refractivity contribution >= 4 is 28.4 Å². The third-order valence-corrected chi connectivity index (χ3v) is 5.51. The summed E-state index contributed by atoms with van der Waals surface area (Å²) < 4.78 is 11.2. The van der Waals surface area contributed by atoms with Gasteiger partial charge in [0.1, 0.15) is 6.10 Å². The smallest absolute Gasteiger partial charge is 0.344 e. The molecule has 0 aliphatic carbocycles. The second-order valence-electron chi connectivity index (χ2n) is 8.57. The van der Waals surface area contributed by atoms with Gasteiger partial charge in [0.05, 0.1) is 6.10 Å². The van der Waals surface area contributed by atoms with Crippen LogP contribution in [-0.4, -0.2) is 23.6 Å². The van der Waals surface area contributed by atoms with Crippen molar-refractivity contribution in [3.63, 3.8) is 0 Å². The number of rotatable bonds is 5. The molecule has 1 saturated heterocycles. The minimum absolute atomic E-state index is 0.155. The molecule has 1 N–H and O–H groups in total. The van der Waals surface area contributed by atoms with E-state index in [-0.39, 0.29) is 12.5 Å². The fourth-order valence-electron chi connectivity index (χ4n) is 4.15. The van der Waals surface area contributed by atoms with Crippen LogP contribution in [0.4, 0.5) is 5.69 Å². The summed E-state index contributed by atoms with van der Waals surface area (Å²) >= 11 is 0. The van der Waals surface area contributed by atoms with Crippen LogP contribution in [0.1, 0.15) is 43.1 Å². The van der Waals surface area contributed by atoms with Crippen LogP contribution in [0.5, 0.6) is 0 Å². The van der Waals surface area contributed by atoms with Crippen LogP contribution in [0, 0.1) is 13.8 Å². The van der Waals surface area contributed by atoms with Crippen molar-refractivity contribution in [2.75, 3.05) is 5.32 Å². The fourth-order valence-corrected chi connectivity index (χ4v) is 4.15. The van der Waals surface area contributed by atoms with Gasteiger partial charge < -0.3 is 14.8 Å². The molecule has 5 heteroatoms. The Morgan fingerprint density at radius 2 is 1.71 bits per heavy atom. The number of carbonyl (C=O) groups excluding carboxylic acids is 2. The first-order chi connectivity index (χ1) is 14.8. The Labute approximate surface area is 182 Å². The molecule has 0 bridgehead atoms. The standard InChI is InChI=1S/C26H27NO4/c1-16(2)30-24(28)26(27-22-12-17(3)11-18(4)13-22)15-23(31-25(26)29)21-10-9-19-7-5-6-8-20(19)14-21/h5-14,16,23,27H,15H2,1-4H3/t23-,26-/m1/s1. The number of anilines is 1. The number of esters is 2. The number of aryl methyl sites for hydroxylation is 2. The highest BCUT2D eigenvalue weighted by Gasteiger charge is 2.57. The molecular weight excluding hydrogens is 390 g/mol. The molecule has 1 heterocycles. The lowest BCUT2D eigenvalue weighted by Crippen LogP contribution is -2.52. The first-order valence-electron chi connectivity index (χ1n) is 10.5. The molecule has 3 aromatic carbocycles.